The van der Waals surface area contributed by atoms with Crippen LogP contribution in [0.3, 0.4) is 0 Å². The van der Waals surface area contributed by atoms with E-state index in [4.69, 9.17) is 0 Å². The van der Waals surface area contributed by atoms with E-state index in [1.54, 1.807) is 19.2 Å². The number of hydrogen-bond donors (Lipinski definition) is 1. The van der Waals surface area contributed by atoms with Gasteiger partial charge in [0.25, 0.3) is 12.3 Å². The van der Waals surface area contributed by atoms with Crippen molar-refractivity contribution in [2.24, 2.45) is 5.92 Å². The number of halogens is 5. The minimum absolute atomic E-state index is 0.123. The zero-order valence-corrected chi connectivity index (χ0v) is 21.5. The van der Waals surface area contributed by atoms with E-state index in [9.17, 15) is 26.7 Å². The maximum atomic E-state index is 13.0. The maximum absolute atomic E-state index is 13.0. The van der Waals surface area contributed by atoms with Gasteiger partial charge in [0.2, 0.25) is 0 Å². The van der Waals surface area contributed by atoms with Gasteiger partial charge >= 0.3 is 6.18 Å². The van der Waals surface area contributed by atoms with E-state index in [2.05, 4.69) is 24.6 Å². The van der Waals surface area contributed by atoms with Gasteiger partial charge in [0.15, 0.2) is 5.69 Å². The fraction of sp³-hybridized carbons (Fsp3) is 0.480. The molecular formula is C25H27F5N6OS. The summed E-state index contributed by atoms with van der Waals surface area (Å²) < 4.78 is 67.5. The number of alkyl halides is 5. The van der Waals surface area contributed by atoms with Crippen LogP contribution in [0.5, 0.6) is 0 Å². The first-order valence-electron chi connectivity index (χ1n) is 12.2. The third-order valence-electron chi connectivity index (χ3n) is 6.49. The molecule has 204 valence electrons. The van der Waals surface area contributed by atoms with Crippen LogP contribution < -0.4 is 5.32 Å². The molecule has 4 rings (SSSR count). The molecule has 0 saturated carbocycles. The normalized spacial score (nSPS) is 15.2. The van der Waals surface area contributed by atoms with Gasteiger partial charge in [0.1, 0.15) is 0 Å². The molecule has 13 heteroatoms. The van der Waals surface area contributed by atoms with Gasteiger partial charge in [-0.1, -0.05) is 0 Å². The van der Waals surface area contributed by atoms with Crippen LogP contribution in [-0.2, 0) is 19.0 Å². The van der Waals surface area contributed by atoms with E-state index in [1.165, 1.54) is 0 Å². The average Bonchev–Trinajstić information content (AvgIpc) is 3.23. The number of aromatic nitrogens is 4. The summed E-state index contributed by atoms with van der Waals surface area (Å²) in [4.78, 5) is 27.1. The fourth-order valence-electron chi connectivity index (χ4n) is 4.43. The Balaban J connectivity index is 1.31. The van der Waals surface area contributed by atoms with Crippen molar-refractivity contribution in [2.75, 3.05) is 25.0 Å². The van der Waals surface area contributed by atoms with Gasteiger partial charge in [0, 0.05) is 23.2 Å². The number of likely N-dealkylation sites (tertiary alicyclic amines) is 1. The highest BCUT2D eigenvalue weighted by Gasteiger charge is 2.33. The van der Waals surface area contributed by atoms with Gasteiger partial charge in [-0.3, -0.25) is 19.7 Å². The van der Waals surface area contributed by atoms with E-state index >= 15 is 0 Å². The lowest BCUT2D eigenvalue weighted by atomic mass is 9.91. The molecule has 7 nitrogen and oxygen atoms in total. The zero-order valence-electron chi connectivity index (χ0n) is 20.6. The highest BCUT2D eigenvalue weighted by Crippen LogP contribution is 2.28. The van der Waals surface area contributed by atoms with E-state index < -0.39 is 24.2 Å². The van der Waals surface area contributed by atoms with Crippen molar-refractivity contribution < 1.29 is 26.7 Å². The standard InChI is InChI=1S/C25H27F5N6OS/c1-15-23(20(38-35-15)10-19-12-33-21(13-32-19)25(28,29)30)24(37)34-18-5-4-17(31-11-18)3-2-16-6-8-36(9-7-16)14-22(26)27/h4-5,11-13,16,22H,2-3,6-10,14H2,1H3,(H,34,37). The van der Waals surface area contributed by atoms with Gasteiger partial charge in [-0.2, -0.15) is 17.5 Å². The molecule has 0 radical (unpaired) electrons. The number of pyridine rings is 1. The Hall–Kier alpha value is -3.06. The number of rotatable bonds is 9. The van der Waals surface area contributed by atoms with Crippen molar-refractivity contribution in [1.29, 1.82) is 0 Å². The first-order chi connectivity index (χ1) is 18.1. The monoisotopic (exact) mass is 554 g/mol. The van der Waals surface area contributed by atoms with Crippen molar-refractivity contribution in [2.45, 2.75) is 51.6 Å². The van der Waals surface area contributed by atoms with Crippen molar-refractivity contribution in [3.05, 3.63) is 63.9 Å². The molecular weight excluding hydrogens is 527 g/mol. The lowest BCUT2D eigenvalue weighted by molar-refractivity contribution is -0.141. The molecule has 0 aliphatic carbocycles. The zero-order chi connectivity index (χ0) is 27.3. The molecule has 0 unspecified atom stereocenters. The number of carbonyl (C=O) groups is 1. The molecule has 1 fully saturated rings. The summed E-state index contributed by atoms with van der Waals surface area (Å²) in [5.74, 6) is 0.0863. The van der Waals surface area contributed by atoms with Crippen LogP contribution in [0, 0.1) is 12.8 Å². The molecule has 38 heavy (non-hydrogen) atoms. The maximum Gasteiger partial charge on any atom is 0.434 e. The number of piperidine rings is 1. The Bertz CT molecular complexity index is 1210. The van der Waals surface area contributed by atoms with E-state index in [0.717, 1.165) is 49.1 Å². The molecule has 0 atom stereocenters. The average molecular weight is 555 g/mol. The minimum Gasteiger partial charge on any atom is -0.320 e. The largest absolute Gasteiger partial charge is 0.434 e. The SMILES string of the molecule is Cc1nsc(Cc2cnc(C(F)(F)F)cn2)c1C(=O)Nc1ccc(CCC2CCN(CC(F)F)CC2)nc1. The van der Waals surface area contributed by atoms with Crippen molar-refractivity contribution >= 4 is 23.1 Å². The van der Waals surface area contributed by atoms with Crippen LogP contribution in [0.25, 0.3) is 0 Å². The van der Waals surface area contributed by atoms with Crippen LogP contribution >= 0.6 is 11.5 Å². The summed E-state index contributed by atoms with van der Waals surface area (Å²) >= 11 is 1.09. The molecule has 1 amide bonds. The second-order valence-corrected chi connectivity index (χ2v) is 10.2. The Morgan fingerprint density at radius 1 is 1.11 bits per heavy atom. The number of hydrogen-bond acceptors (Lipinski definition) is 7. The van der Waals surface area contributed by atoms with E-state index in [1.807, 2.05) is 11.0 Å². The fourth-order valence-corrected chi connectivity index (χ4v) is 5.31. The van der Waals surface area contributed by atoms with Gasteiger partial charge in [0.05, 0.1) is 41.6 Å². The van der Waals surface area contributed by atoms with Crippen molar-refractivity contribution in [1.82, 2.24) is 24.2 Å². The minimum atomic E-state index is -4.57. The highest BCUT2D eigenvalue weighted by molar-refractivity contribution is 7.06. The van der Waals surface area contributed by atoms with E-state index in [0.29, 0.717) is 52.7 Å². The quantitative estimate of drug-likeness (QED) is 0.356. The number of nitrogens with zero attached hydrogens (tertiary/aromatic N) is 5. The van der Waals surface area contributed by atoms with Gasteiger partial charge in [-0.15, -0.1) is 0 Å². The third kappa shape index (κ3) is 7.50. The first kappa shape index (κ1) is 28.0. The van der Waals surface area contributed by atoms with Crippen LogP contribution in [0.15, 0.2) is 30.7 Å². The number of amides is 1. The summed E-state index contributed by atoms with van der Waals surface area (Å²) in [6.45, 7) is 2.91. The van der Waals surface area contributed by atoms with Crippen molar-refractivity contribution in [3.8, 4) is 0 Å². The molecule has 4 heterocycles. The lowest BCUT2D eigenvalue weighted by Gasteiger charge is -2.31. The predicted molar refractivity (Wildman–Crippen MR) is 132 cm³/mol. The summed E-state index contributed by atoms with van der Waals surface area (Å²) in [5, 5.41) is 2.81. The summed E-state index contributed by atoms with van der Waals surface area (Å²) in [6, 6.07) is 3.61. The summed E-state index contributed by atoms with van der Waals surface area (Å²) in [7, 11) is 0. The molecule has 0 aromatic carbocycles. The van der Waals surface area contributed by atoms with Crippen LogP contribution in [0.2, 0.25) is 0 Å². The van der Waals surface area contributed by atoms with Crippen LogP contribution in [0.4, 0.5) is 27.6 Å². The lowest BCUT2D eigenvalue weighted by Crippen LogP contribution is -2.36. The molecule has 0 spiro atoms. The number of anilines is 1. The number of nitrogens with one attached hydrogen (secondary N) is 1. The third-order valence-corrected chi connectivity index (χ3v) is 7.43. The molecule has 3 aromatic heterocycles. The molecule has 3 aromatic rings. The molecule has 1 aliphatic rings. The Labute approximate surface area is 220 Å². The van der Waals surface area contributed by atoms with Gasteiger partial charge in [-0.25, -0.2) is 13.8 Å². The second kappa shape index (κ2) is 12.2. The Kier molecular flexibility index (Phi) is 8.98. The van der Waals surface area contributed by atoms with Gasteiger partial charge in [-0.05, 0) is 75.3 Å². The highest BCUT2D eigenvalue weighted by atomic mass is 32.1. The van der Waals surface area contributed by atoms with Crippen LogP contribution in [0.1, 0.15) is 57.3 Å². The van der Waals surface area contributed by atoms with E-state index in [-0.39, 0.29) is 13.0 Å². The summed E-state index contributed by atoms with van der Waals surface area (Å²) in [6.07, 6.45) is 0.0431. The Morgan fingerprint density at radius 3 is 2.45 bits per heavy atom. The smallest absolute Gasteiger partial charge is 0.320 e. The first-order valence-corrected chi connectivity index (χ1v) is 13.0. The van der Waals surface area contributed by atoms with Crippen molar-refractivity contribution in [3.63, 3.8) is 0 Å². The molecule has 1 saturated heterocycles. The molecule has 1 aliphatic heterocycles. The number of carbonyl (C=O) groups excluding carboxylic acids is 1. The molecule has 1 N–H and O–H groups in total. The Morgan fingerprint density at radius 2 is 1.84 bits per heavy atom. The summed E-state index contributed by atoms with van der Waals surface area (Å²) in [5.41, 5.74) is 1.45. The number of aryl methyl sites for hydroxylation is 2. The second-order valence-electron chi connectivity index (χ2n) is 9.30. The van der Waals surface area contributed by atoms with Gasteiger partial charge < -0.3 is 5.32 Å². The predicted octanol–water partition coefficient (Wildman–Crippen LogP) is 5.41. The van der Waals surface area contributed by atoms with Crippen LogP contribution in [-0.4, -0.2) is 56.2 Å². The molecule has 0 bridgehead atoms. The topological polar surface area (TPSA) is 83.9 Å².